The Morgan fingerprint density at radius 3 is 2.75 bits per heavy atom. The van der Waals surface area contributed by atoms with E-state index in [1.807, 2.05) is 0 Å². The minimum Gasteiger partial charge on any atom is -0.347 e. The Hall–Kier alpha value is -1.96. The average molecular weight is 301 g/mol. The van der Waals surface area contributed by atoms with E-state index >= 15 is 0 Å². The van der Waals surface area contributed by atoms with Crippen molar-refractivity contribution in [3.63, 3.8) is 0 Å². The number of carbonyl (C=O) groups is 1. The van der Waals surface area contributed by atoms with Crippen LogP contribution in [0.2, 0.25) is 0 Å². The van der Waals surface area contributed by atoms with E-state index in [0.29, 0.717) is 11.3 Å². The summed E-state index contributed by atoms with van der Waals surface area (Å²) >= 11 is 0.346. The van der Waals surface area contributed by atoms with E-state index in [1.54, 1.807) is 24.5 Å². The molecule has 0 aliphatic carbocycles. The molecule has 106 valence electrons. The zero-order valence-electron chi connectivity index (χ0n) is 10.4. The molecule has 0 bridgehead atoms. The summed E-state index contributed by atoms with van der Waals surface area (Å²) in [6, 6.07) is 3.47. The molecule has 20 heavy (non-hydrogen) atoms. The second kappa shape index (κ2) is 5.58. The van der Waals surface area contributed by atoms with E-state index in [0.717, 1.165) is 5.56 Å². The largest absolute Gasteiger partial charge is 0.443 e. The summed E-state index contributed by atoms with van der Waals surface area (Å²) in [7, 11) is 0. The van der Waals surface area contributed by atoms with Crippen LogP contribution >= 0.6 is 11.3 Å². The Morgan fingerprint density at radius 1 is 1.45 bits per heavy atom. The fourth-order valence-corrected chi connectivity index (χ4v) is 2.34. The fraction of sp³-hybridized carbons (Fsp3) is 0.250. The monoisotopic (exact) mass is 301 g/mol. The molecule has 2 rings (SSSR count). The maximum absolute atomic E-state index is 12.5. The van der Waals surface area contributed by atoms with Crippen LogP contribution in [0.15, 0.2) is 24.5 Å². The van der Waals surface area contributed by atoms with Gasteiger partial charge in [-0.3, -0.25) is 9.78 Å². The Balaban J connectivity index is 2.08. The number of nitrogens with one attached hydrogen (secondary N) is 1. The molecule has 0 fully saturated rings. The van der Waals surface area contributed by atoms with Gasteiger partial charge in [0.15, 0.2) is 5.01 Å². The van der Waals surface area contributed by atoms with Crippen LogP contribution in [0, 0.1) is 6.92 Å². The molecule has 0 aliphatic rings. The molecule has 0 saturated carbocycles. The summed E-state index contributed by atoms with van der Waals surface area (Å²) in [4.78, 5) is 19.1. The number of hydrogen-bond acceptors (Lipinski definition) is 4. The highest BCUT2D eigenvalue weighted by Crippen LogP contribution is 2.33. The van der Waals surface area contributed by atoms with E-state index < -0.39 is 17.1 Å². The summed E-state index contributed by atoms with van der Waals surface area (Å²) < 4.78 is 37.5. The lowest BCUT2D eigenvalue weighted by atomic mass is 10.3. The van der Waals surface area contributed by atoms with Crippen LogP contribution in [-0.2, 0) is 12.7 Å². The lowest BCUT2D eigenvalue weighted by molar-refractivity contribution is -0.137. The molecular formula is C12H10F3N3OS. The number of thiazole rings is 1. The molecule has 2 aromatic rings. The van der Waals surface area contributed by atoms with Crippen molar-refractivity contribution in [3.05, 3.63) is 45.7 Å². The van der Waals surface area contributed by atoms with Gasteiger partial charge in [0.25, 0.3) is 5.91 Å². The van der Waals surface area contributed by atoms with Crippen molar-refractivity contribution in [1.29, 1.82) is 0 Å². The third-order valence-corrected chi connectivity index (χ3v) is 3.62. The van der Waals surface area contributed by atoms with Gasteiger partial charge in [-0.2, -0.15) is 13.2 Å². The van der Waals surface area contributed by atoms with Gasteiger partial charge in [0.2, 0.25) is 0 Å². The van der Waals surface area contributed by atoms with Crippen LogP contribution < -0.4 is 5.32 Å². The number of hydrogen-bond donors (Lipinski definition) is 1. The number of aromatic nitrogens is 2. The van der Waals surface area contributed by atoms with Gasteiger partial charge >= 0.3 is 6.18 Å². The van der Waals surface area contributed by atoms with Gasteiger partial charge in [-0.25, -0.2) is 4.98 Å². The maximum atomic E-state index is 12.5. The number of carbonyl (C=O) groups excluding carboxylic acids is 1. The summed E-state index contributed by atoms with van der Waals surface area (Å²) in [5.74, 6) is -0.570. The predicted molar refractivity (Wildman–Crippen MR) is 67.3 cm³/mol. The van der Waals surface area contributed by atoms with E-state index in [2.05, 4.69) is 15.3 Å². The molecule has 0 radical (unpaired) electrons. The third kappa shape index (κ3) is 3.32. The zero-order valence-corrected chi connectivity index (χ0v) is 11.2. The standard InChI is InChI=1S/C12H10F3N3OS/c1-7-9(20-11(18-7)12(13,14)15)10(19)17-6-8-3-2-4-16-5-8/h2-5H,6H2,1H3,(H,17,19). The lowest BCUT2D eigenvalue weighted by Gasteiger charge is -2.03. The van der Waals surface area contributed by atoms with Gasteiger partial charge in [0.1, 0.15) is 4.88 Å². The number of aryl methyl sites for hydroxylation is 1. The number of pyridine rings is 1. The Kier molecular flexibility index (Phi) is 4.03. The van der Waals surface area contributed by atoms with E-state index in [9.17, 15) is 18.0 Å². The molecule has 2 heterocycles. The normalized spacial score (nSPS) is 11.4. The van der Waals surface area contributed by atoms with Crippen LogP contribution in [0.4, 0.5) is 13.2 Å². The van der Waals surface area contributed by atoms with Crippen LogP contribution in [0.5, 0.6) is 0 Å². The van der Waals surface area contributed by atoms with Crippen molar-refractivity contribution in [2.45, 2.75) is 19.6 Å². The number of nitrogens with zero attached hydrogens (tertiary/aromatic N) is 2. The highest BCUT2D eigenvalue weighted by Gasteiger charge is 2.36. The van der Waals surface area contributed by atoms with E-state index in [-0.39, 0.29) is 17.1 Å². The average Bonchev–Trinajstić information content (AvgIpc) is 2.79. The summed E-state index contributed by atoms with van der Waals surface area (Å²) in [6.07, 6.45) is -1.37. The van der Waals surface area contributed by atoms with Gasteiger partial charge in [0.05, 0.1) is 5.69 Å². The Morgan fingerprint density at radius 2 is 2.20 bits per heavy atom. The lowest BCUT2D eigenvalue weighted by Crippen LogP contribution is -2.22. The second-order valence-corrected chi connectivity index (χ2v) is 4.97. The van der Waals surface area contributed by atoms with Crippen molar-refractivity contribution >= 4 is 17.2 Å². The van der Waals surface area contributed by atoms with Gasteiger partial charge in [0, 0.05) is 18.9 Å². The molecule has 1 amide bonds. The first-order valence-corrected chi connectivity index (χ1v) is 6.41. The van der Waals surface area contributed by atoms with Crippen molar-refractivity contribution in [2.75, 3.05) is 0 Å². The quantitative estimate of drug-likeness (QED) is 0.948. The summed E-state index contributed by atoms with van der Waals surface area (Å²) in [5.41, 5.74) is 0.838. The van der Waals surface area contributed by atoms with E-state index in [4.69, 9.17) is 0 Å². The number of alkyl halides is 3. The van der Waals surface area contributed by atoms with Gasteiger partial charge in [-0.1, -0.05) is 6.07 Å². The molecular weight excluding hydrogens is 291 g/mol. The van der Waals surface area contributed by atoms with Crippen LogP contribution in [0.3, 0.4) is 0 Å². The first-order valence-electron chi connectivity index (χ1n) is 5.59. The minimum absolute atomic E-state index is 0.0267. The van der Waals surface area contributed by atoms with Crippen molar-refractivity contribution in [3.8, 4) is 0 Å². The predicted octanol–water partition coefficient (Wildman–Crippen LogP) is 2.80. The summed E-state index contributed by atoms with van der Waals surface area (Å²) in [6.45, 7) is 1.58. The topological polar surface area (TPSA) is 54.9 Å². The molecule has 4 nitrogen and oxygen atoms in total. The van der Waals surface area contributed by atoms with Crippen LogP contribution in [0.25, 0.3) is 0 Å². The van der Waals surface area contributed by atoms with E-state index in [1.165, 1.54) is 6.92 Å². The maximum Gasteiger partial charge on any atom is 0.443 e. The van der Waals surface area contributed by atoms with Crippen LogP contribution in [0.1, 0.15) is 25.9 Å². The molecule has 0 spiro atoms. The number of amides is 1. The van der Waals surface area contributed by atoms with Crippen molar-refractivity contribution in [2.24, 2.45) is 0 Å². The molecule has 1 N–H and O–H groups in total. The molecule has 0 atom stereocenters. The number of halogens is 3. The second-order valence-electron chi connectivity index (χ2n) is 3.98. The zero-order chi connectivity index (χ0) is 14.8. The Bertz CT molecular complexity index is 610. The highest BCUT2D eigenvalue weighted by molar-refractivity contribution is 7.13. The van der Waals surface area contributed by atoms with Gasteiger partial charge < -0.3 is 5.32 Å². The smallest absolute Gasteiger partial charge is 0.347 e. The van der Waals surface area contributed by atoms with Gasteiger partial charge in [-0.05, 0) is 18.6 Å². The van der Waals surface area contributed by atoms with Crippen LogP contribution in [-0.4, -0.2) is 15.9 Å². The first-order chi connectivity index (χ1) is 9.38. The fourth-order valence-electron chi connectivity index (χ4n) is 1.49. The molecule has 0 aromatic carbocycles. The van der Waals surface area contributed by atoms with Crippen molar-refractivity contribution in [1.82, 2.24) is 15.3 Å². The minimum atomic E-state index is -4.53. The SMILES string of the molecule is Cc1nc(C(F)(F)F)sc1C(=O)NCc1cccnc1. The molecule has 8 heteroatoms. The molecule has 0 unspecified atom stereocenters. The number of rotatable bonds is 3. The molecule has 0 aliphatic heterocycles. The first kappa shape index (κ1) is 14.4. The van der Waals surface area contributed by atoms with Gasteiger partial charge in [-0.15, -0.1) is 11.3 Å². The molecule has 2 aromatic heterocycles. The molecule has 0 saturated heterocycles. The third-order valence-electron chi connectivity index (χ3n) is 2.42. The van der Waals surface area contributed by atoms with Crippen molar-refractivity contribution < 1.29 is 18.0 Å². The summed E-state index contributed by atoms with van der Waals surface area (Å²) in [5, 5.41) is 1.53. The Labute approximate surface area is 116 Å². The highest BCUT2D eigenvalue weighted by atomic mass is 32.1.